The van der Waals surface area contributed by atoms with Crippen molar-refractivity contribution < 1.29 is 4.79 Å². The third-order valence-corrected chi connectivity index (χ3v) is 4.68. The van der Waals surface area contributed by atoms with Crippen LogP contribution in [-0.4, -0.2) is 26.7 Å². The number of benzene rings is 1. The molecule has 2 heterocycles. The van der Waals surface area contributed by atoms with E-state index in [9.17, 15) is 4.79 Å². The van der Waals surface area contributed by atoms with Crippen LogP contribution in [0.4, 0.5) is 5.69 Å². The highest BCUT2D eigenvalue weighted by molar-refractivity contribution is 6.02. The van der Waals surface area contributed by atoms with Crippen molar-refractivity contribution in [3.63, 3.8) is 0 Å². The first kappa shape index (κ1) is 18.1. The van der Waals surface area contributed by atoms with Gasteiger partial charge in [0.15, 0.2) is 0 Å². The summed E-state index contributed by atoms with van der Waals surface area (Å²) in [5, 5.41) is 10.6. The average molecular weight is 373 g/mol. The summed E-state index contributed by atoms with van der Waals surface area (Å²) in [6, 6.07) is 10.5. The molecule has 3 aromatic rings. The highest BCUT2D eigenvalue weighted by atomic mass is 16.1. The molecule has 1 aromatic carbocycles. The summed E-state index contributed by atoms with van der Waals surface area (Å²) in [5.41, 5.74) is 4.84. The number of hydrogen-bond acceptors (Lipinski definition) is 4. The van der Waals surface area contributed by atoms with Crippen LogP contribution in [0.5, 0.6) is 0 Å². The van der Waals surface area contributed by atoms with E-state index in [1.54, 1.807) is 29.3 Å². The van der Waals surface area contributed by atoms with Gasteiger partial charge in [-0.2, -0.15) is 5.10 Å². The summed E-state index contributed by atoms with van der Waals surface area (Å²) in [7, 11) is 1.88. The number of carbonyl (C=O) groups excluding carboxylic acids is 1. The first-order valence-corrected chi connectivity index (χ1v) is 9.42. The second-order valence-corrected chi connectivity index (χ2v) is 7.04. The SMILES string of the molecule is Cn1cc(-c2ccncc2/C=C/C(=O)Nc2ccc(CNC3CC3)cc2)cn1. The van der Waals surface area contributed by atoms with Crippen molar-refractivity contribution in [1.82, 2.24) is 20.1 Å². The summed E-state index contributed by atoms with van der Waals surface area (Å²) in [6.45, 7) is 0.872. The predicted octanol–water partition coefficient (Wildman–Crippen LogP) is 3.39. The molecule has 0 spiro atoms. The van der Waals surface area contributed by atoms with Crippen LogP contribution in [0.15, 0.2) is 61.2 Å². The van der Waals surface area contributed by atoms with Crippen molar-refractivity contribution in [2.75, 3.05) is 5.32 Å². The molecule has 0 saturated heterocycles. The molecule has 0 radical (unpaired) electrons. The molecule has 2 aromatic heterocycles. The van der Waals surface area contributed by atoms with Crippen LogP contribution in [0.1, 0.15) is 24.0 Å². The molecule has 2 N–H and O–H groups in total. The summed E-state index contributed by atoms with van der Waals surface area (Å²) in [4.78, 5) is 16.5. The highest BCUT2D eigenvalue weighted by Crippen LogP contribution is 2.23. The first-order chi connectivity index (χ1) is 13.7. The maximum Gasteiger partial charge on any atom is 0.248 e. The Morgan fingerprint density at radius 3 is 2.75 bits per heavy atom. The number of nitrogens with one attached hydrogen (secondary N) is 2. The normalized spacial score (nSPS) is 13.8. The Bertz CT molecular complexity index is 986. The lowest BCUT2D eigenvalue weighted by atomic mass is 10.0. The lowest BCUT2D eigenvalue weighted by molar-refractivity contribution is -0.111. The van der Waals surface area contributed by atoms with Gasteiger partial charge in [-0.3, -0.25) is 14.5 Å². The predicted molar refractivity (Wildman–Crippen MR) is 110 cm³/mol. The minimum Gasteiger partial charge on any atom is -0.323 e. The molecule has 4 rings (SSSR count). The Labute approximate surface area is 164 Å². The van der Waals surface area contributed by atoms with Gasteiger partial charge < -0.3 is 10.6 Å². The zero-order valence-corrected chi connectivity index (χ0v) is 15.8. The van der Waals surface area contributed by atoms with Gasteiger partial charge >= 0.3 is 0 Å². The number of hydrogen-bond donors (Lipinski definition) is 2. The lowest BCUT2D eigenvalue weighted by Gasteiger charge is -2.06. The van der Waals surface area contributed by atoms with Crippen LogP contribution in [0, 0.1) is 0 Å². The van der Waals surface area contributed by atoms with Crippen molar-refractivity contribution in [1.29, 1.82) is 0 Å². The minimum absolute atomic E-state index is 0.176. The number of rotatable bonds is 7. The summed E-state index contributed by atoms with van der Waals surface area (Å²) in [6.07, 6.45) is 13.1. The van der Waals surface area contributed by atoms with Gasteiger partial charge in [-0.1, -0.05) is 12.1 Å². The standard InChI is InChI=1S/C22H23N5O/c1-27-15-18(14-25-27)21-10-11-23-13-17(21)4-9-22(28)26-20-5-2-16(3-6-20)12-24-19-7-8-19/h2-6,9-11,13-15,19,24H,7-8,12H2,1H3,(H,26,28)/b9-4+. The van der Waals surface area contributed by atoms with E-state index in [2.05, 4.69) is 20.7 Å². The fourth-order valence-electron chi connectivity index (χ4n) is 2.97. The smallest absolute Gasteiger partial charge is 0.248 e. The molecule has 1 fully saturated rings. The van der Waals surface area contributed by atoms with E-state index in [4.69, 9.17) is 0 Å². The molecule has 1 amide bonds. The summed E-state index contributed by atoms with van der Waals surface area (Å²) in [5.74, 6) is -0.176. The Morgan fingerprint density at radius 1 is 1.21 bits per heavy atom. The van der Waals surface area contributed by atoms with Crippen LogP contribution in [0.2, 0.25) is 0 Å². The molecule has 0 atom stereocenters. The topological polar surface area (TPSA) is 71.8 Å². The van der Waals surface area contributed by atoms with E-state index < -0.39 is 0 Å². The molecule has 142 valence electrons. The number of aromatic nitrogens is 3. The maximum atomic E-state index is 12.3. The van der Waals surface area contributed by atoms with Gasteiger partial charge in [0.25, 0.3) is 0 Å². The van der Waals surface area contributed by atoms with Crippen molar-refractivity contribution in [3.05, 3.63) is 72.3 Å². The van der Waals surface area contributed by atoms with Crippen molar-refractivity contribution in [2.45, 2.75) is 25.4 Å². The molecule has 0 unspecified atom stereocenters. The number of pyridine rings is 1. The number of carbonyl (C=O) groups is 1. The molecule has 1 aliphatic rings. The van der Waals surface area contributed by atoms with E-state index in [0.717, 1.165) is 28.9 Å². The zero-order valence-electron chi connectivity index (χ0n) is 15.8. The van der Waals surface area contributed by atoms with E-state index >= 15 is 0 Å². The van der Waals surface area contributed by atoms with Crippen molar-refractivity contribution in [3.8, 4) is 11.1 Å². The largest absolute Gasteiger partial charge is 0.323 e. The van der Waals surface area contributed by atoms with Crippen LogP contribution in [0.25, 0.3) is 17.2 Å². The van der Waals surface area contributed by atoms with Gasteiger partial charge in [0, 0.05) is 61.1 Å². The lowest BCUT2D eigenvalue weighted by Crippen LogP contribution is -2.15. The number of aryl methyl sites for hydroxylation is 1. The molecule has 1 aliphatic carbocycles. The molecule has 6 nitrogen and oxygen atoms in total. The van der Waals surface area contributed by atoms with Gasteiger partial charge in [-0.05, 0) is 48.2 Å². The van der Waals surface area contributed by atoms with Gasteiger partial charge in [0.1, 0.15) is 0 Å². The number of amides is 1. The van der Waals surface area contributed by atoms with Gasteiger partial charge in [-0.15, -0.1) is 0 Å². The molecule has 0 bridgehead atoms. The zero-order chi connectivity index (χ0) is 19.3. The van der Waals surface area contributed by atoms with Crippen LogP contribution < -0.4 is 10.6 Å². The first-order valence-electron chi connectivity index (χ1n) is 9.42. The summed E-state index contributed by atoms with van der Waals surface area (Å²) >= 11 is 0. The van der Waals surface area contributed by atoms with Crippen LogP contribution in [0.3, 0.4) is 0 Å². The van der Waals surface area contributed by atoms with Gasteiger partial charge in [0.2, 0.25) is 5.91 Å². The average Bonchev–Trinajstić information content (AvgIpc) is 3.45. The van der Waals surface area contributed by atoms with Crippen LogP contribution >= 0.6 is 0 Å². The molecular formula is C22H23N5O. The van der Waals surface area contributed by atoms with Crippen molar-refractivity contribution in [2.24, 2.45) is 7.05 Å². The Morgan fingerprint density at radius 2 is 2.04 bits per heavy atom. The Balaban J connectivity index is 1.39. The van der Waals surface area contributed by atoms with E-state index in [0.29, 0.717) is 6.04 Å². The second-order valence-electron chi connectivity index (χ2n) is 7.04. The summed E-state index contributed by atoms with van der Waals surface area (Å²) < 4.78 is 1.75. The number of nitrogens with zero attached hydrogens (tertiary/aromatic N) is 3. The van der Waals surface area contributed by atoms with Gasteiger partial charge in [0.05, 0.1) is 6.20 Å². The third kappa shape index (κ3) is 4.72. The van der Waals surface area contributed by atoms with Gasteiger partial charge in [-0.25, -0.2) is 0 Å². The van der Waals surface area contributed by atoms with E-state index in [1.165, 1.54) is 24.5 Å². The second kappa shape index (κ2) is 8.19. The molecular weight excluding hydrogens is 350 g/mol. The Hall–Kier alpha value is -3.25. The fraction of sp³-hybridized carbons (Fsp3) is 0.227. The monoisotopic (exact) mass is 373 g/mol. The third-order valence-electron chi connectivity index (χ3n) is 4.68. The van der Waals surface area contributed by atoms with E-state index in [-0.39, 0.29) is 5.91 Å². The van der Waals surface area contributed by atoms with Crippen molar-refractivity contribution >= 4 is 17.7 Å². The highest BCUT2D eigenvalue weighted by Gasteiger charge is 2.19. The molecule has 0 aliphatic heterocycles. The fourth-order valence-corrected chi connectivity index (χ4v) is 2.97. The molecule has 1 saturated carbocycles. The maximum absolute atomic E-state index is 12.3. The number of anilines is 1. The minimum atomic E-state index is -0.176. The Kier molecular flexibility index (Phi) is 5.30. The molecule has 6 heteroatoms. The van der Waals surface area contributed by atoms with Crippen LogP contribution in [-0.2, 0) is 18.4 Å². The quantitative estimate of drug-likeness (QED) is 0.623. The molecule has 28 heavy (non-hydrogen) atoms. The van der Waals surface area contributed by atoms with E-state index in [1.807, 2.05) is 43.6 Å².